The van der Waals surface area contributed by atoms with Crippen LogP contribution in [0.5, 0.6) is 5.75 Å². The van der Waals surface area contributed by atoms with Gasteiger partial charge in [-0.15, -0.1) is 10.2 Å². The van der Waals surface area contributed by atoms with E-state index in [9.17, 15) is 4.79 Å². The first-order valence-electron chi connectivity index (χ1n) is 8.70. The summed E-state index contributed by atoms with van der Waals surface area (Å²) >= 11 is 0. The number of rotatable bonds is 4. The lowest BCUT2D eigenvalue weighted by Gasteiger charge is -2.06. The molecule has 7 heteroatoms. The van der Waals surface area contributed by atoms with Gasteiger partial charge in [0.05, 0.1) is 12.1 Å². The molecule has 7 nitrogen and oxygen atoms in total. The zero-order valence-corrected chi connectivity index (χ0v) is 15.4. The van der Waals surface area contributed by atoms with Gasteiger partial charge in [-0.1, -0.05) is 17.7 Å². The lowest BCUT2D eigenvalue weighted by atomic mass is 10.2. The van der Waals surface area contributed by atoms with Gasteiger partial charge in [-0.3, -0.25) is 10.1 Å². The predicted molar refractivity (Wildman–Crippen MR) is 104 cm³/mol. The minimum atomic E-state index is -0.313. The van der Waals surface area contributed by atoms with Gasteiger partial charge in [0.15, 0.2) is 5.65 Å². The molecule has 0 saturated heterocycles. The number of benzene rings is 2. The van der Waals surface area contributed by atoms with Crippen molar-refractivity contribution in [2.45, 2.75) is 13.8 Å². The number of nitrogens with zero attached hydrogens (tertiary/aromatic N) is 4. The number of aromatic nitrogens is 4. The summed E-state index contributed by atoms with van der Waals surface area (Å²) in [5.41, 5.74) is 4.02. The maximum absolute atomic E-state index is 12.5. The summed E-state index contributed by atoms with van der Waals surface area (Å²) in [6.07, 6.45) is 0. The van der Waals surface area contributed by atoms with Gasteiger partial charge in [0.1, 0.15) is 11.3 Å². The molecule has 136 valence electrons. The van der Waals surface area contributed by atoms with Crippen LogP contribution in [0.2, 0.25) is 0 Å². The van der Waals surface area contributed by atoms with E-state index >= 15 is 0 Å². The third kappa shape index (κ3) is 3.08. The zero-order chi connectivity index (χ0) is 19.0. The average Bonchev–Trinajstić information content (AvgIpc) is 2.94. The Hall–Kier alpha value is -3.48. The molecule has 2 aromatic carbocycles. The van der Waals surface area contributed by atoms with Gasteiger partial charge in [0.25, 0.3) is 11.9 Å². The second-order valence-electron chi connectivity index (χ2n) is 6.30. The number of hydrogen-bond acceptors (Lipinski definition) is 5. The fourth-order valence-electron chi connectivity index (χ4n) is 3.09. The van der Waals surface area contributed by atoms with Crippen LogP contribution in [-0.4, -0.2) is 32.3 Å². The number of carbonyl (C=O) groups is 1. The maximum atomic E-state index is 12.5. The van der Waals surface area contributed by atoms with Gasteiger partial charge in [-0.25, -0.2) is 0 Å². The van der Waals surface area contributed by atoms with Crippen molar-refractivity contribution < 1.29 is 9.53 Å². The molecule has 0 radical (unpaired) electrons. The summed E-state index contributed by atoms with van der Waals surface area (Å²) in [5.74, 6) is 0.493. The van der Waals surface area contributed by atoms with Crippen molar-refractivity contribution in [2.24, 2.45) is 7.05 Å². The van der Waals surface area contributed by atoms with Crippen LogP contribution < -0.4 is 10.1 Å². The Morgan fingerprint density at radius 2 is 2.04 bits per heavy atom. The van der Waals surface area contributed by atoms with Crippen LogP contribution in [0.25, 0.3) is 22.1 Å². The molecular formula is C20H19N5O2. The first kappa shape index (κ1) is 17.0. The van der Waals surface area contributed by atoms with Gasteiger partial charge >= 0.3 is 0 Å². The molecule has 0 bridgehead atoms. The van der Waals surface area contributed by atoms with E-state index in [1.54, 1.807) is 18.2 Å². The van der Waals surface area contributed by atoms with E-state index in [2.05, 4.69) is 26.6 Å². The highest BCUT2D eigenvalue weighted by Gasteiger charge is 2.15. The minimum Gasteiger partial charge on any atom is -0.494 e. The van der Waals surface area contributed by atoms with Gasteiger partial charge in [0.2, 0.25) is 0 Å². The Balaban J connectivity index is 1.68. The third-order valence-corrected chi connectivity index (χ3v) is 4.39. The van der Waals surface area contributed by atoms with Crippen LogP contribution in [0.15, 0.2) is 42.5 Å². The Kier molecular flexibility index (Phi) is 4.19. The molecule has 0 aliphatic carbocycles. The monoisotopic (exact) mass is 361 g/mol. The number of anilines is 1. The minimum absolute atomic E-state index is 0.164. The Labute approximate surface area is 156 Å². The molecule has 0 spiro atoms. The van der Waals surface area contributed by atoms with Gasteiger partial charge in [-0.05, 0) is 44.2 Å². The standard InChI is InChI=1S/C20H19N5O2/c1-4-27-14-7-5-6-13(11-14)19(26)22-20-21-18-17(23-24-20)15-10-12(2)8-9-16(15)25(18)3/h5-11H,4H2,1-3H3,(H,21,22,24,26). The topological polar surface area (TPSA) is 81.9 Å². The Morgan fingerprint density at radius 3 is 2.85 bits per heavy atom. The highest BCUT2D eigenvalue weighted by molar-refractivity contribution is 6.06. The van der Waals surface area contributed by atoms with E-state index in [1.165, 1.54) is 0 Å². The molecule has 27 heavy (non-hydrogen) atoms. The second kappa shape index (κ2) is 6.68. The summed E-state index contributed by atoms with van der Waals surface area (Å²) in [7, 11) is 1.92. The van der Waals surface area contributed by atoms with Crippen molar-refractivity contribution in [3.05, 3.63) is 53.6 Å². The first-order valence-corrected chi connectivity index (χ1v) is 8.70. The number of aryl methyl sites for hydroxylation is 2. The molecule has 4 aromatic rings. The molecule has 0 aliphatic heterocycles. The molecule has 0 saturated carbocycles. The molecule has 0 unspecified atom stereocenters. The van der Waals surface area contributed by atoms with Crippen LogP contribution in [-0.2, 0) is 7.05 Å². The number of ether oxygens (including phenoxy) is 1. The quantitative estimate of drug-likeness (QED) is 0.602. The van der Waals surface area contributed by atoms with Crippen LogP contribution in [0.3, 0.4) is 0 Å². The molecule has 1 amide bonds. The smallest absolute Gasteiger partial charge is 0.258 e. The van der Waals surface area contributed by atoms with E-state index in [4.69, 9.17) is 4.74 Å². The molecule has 0 fully saturated rings. The fraction of sp³-hybridized carbons (Fsp3) is 0.200. The van der Waals surface area contributed by atoms with Crippen LogP contribution in [0.1, 0.15) is 22.8 Å². The zero-order valence-electron chi connectivity index (χ0n) is 15.4. The summed E-state index contributed by atoms with van der Waals surface area (Å²) in [5, 5.41) is 12.1. The summed E-state index contributed by atoms with van der Waals surface area (Å²) in [6.45, 7) is 4.46. The van der Waals surface area contributed by atoms with Crippen molar-refractivity contribution in [3.8, 4) is 5.75 Å². The molecule has 0 aliphatic rings. The molecule has 4 rings (SSSR count). The Bertz CT molecular complexity index is 1170. The average molecular weight is 361 g/mol. The first-order chi connectivity index (χ1) is 13.1. The van der Waals surface area contributed by atoms with E-state index < -0.39 is 0 Å². The van der Waals surface area contributed by atoms with Gasteiger partial charge < -0.3 is 9.30 Å². The summed E-state index contributed by atoms with van der Waals surface area (Å²) in [4.78, 5) is 17.0. The molecule has 2 heterocycles. The largest absolute Gasteiger partial charge is 0.494 e. The Morgan fingerprint density at radius 1 is 1.19 bits per heavy atom. The normalized spacial score (nSPS) is 11.1. The van der Waals surface area contributed by atoms with Crippen molar-refractivity contribution in [1.82, 2.24) is 19.7 Å². The SMILES string of the molecule is CCOc1cccc(C(=O)Nc2nnc3c4cc(C)ccc4n(C)c3n2)c1. The molecule has 1 N–H and O–H groups in total. The van der Waals surface area contributed by atoms with Crippen LogP contribution >= 0.6 is 0 Å². The number of fused-ring (bicyclic) bond motifs is 3. The van der Waals surface area contributed by atoms with Crippen LogP contribution in [0.4, 0.5) is 5.95 Å². The van der Waals surface area contributed by atoms with E-state index in [0.717, 1.165) is 16.5 Å². The van der Waals surface area contributed by atoms with Crippen molar-refractivity contribution in [2.75, 3.05) is 11.9 Å². The number of carbonyl (C=O) groups excluding carboxylic acids is 1. The number of hydrogen-bond donors (Lipinski definition) is 1. The fourth-order valence-corrected chi connectivity index (χ4v) is 3.09. The van der Waals surface area contributed by atoms with E-state index in [1.807, 2.05) is 43.7 Å². The summed E-state index contributed by atoms with van der Waals surface area (Å²) in [6, 6.07) is 13.1. The van der Waals surface area contributed by atoms with Gasteiger partial charge in [0, 0.05) is 18.0 Å². The molecule has 0 atom stereocenters. The second-order valence-corrected chi connectivity index (χ2v) is 6.30. The number of nitrogens with one attached hydrogen (secondary N) is 1. The van der Waals surface area contributed by atoms with E-state index in [-0.39, 0.29) is 11.9 Å². The highest BCUT2D eigenvalue weighted by atomic mass is 16.5. The summed E-state index contributed by atoms with van der Waals surface area (Å²) < 4.78 is 7.39. The predicted octanol–water partition coefficient (Wildman–Crippen LogP) is 3.48. The maximum Gasteiger partial charge on any atom is 0.258 e. The number of amides is 1. The lowest BCUT2D eigenvalue weighted by molar-refractivity contribution is 0.102. The van der Waals surface area contributed by atoms with E-state index in [0.29, 0.717) is 29.1 Å². The van der Waals surface area contributed by atoms with Crippen molar-refractivity contribution >= 4 is 33.9 Å². The third-order valence-electron chi connectivity index (χ3n) is 4.39. The van der Waals surface area contributed by atoms with Gasteiger partial charge in [-0.2, -0.15) is 4.98 Å². The van der Waals surface area contributed by atoms with Crippen LogP contribution in [0, 0.1) is 6.92 Å². The molecular weight excluding hydrogens is 342 g/mol. The van der Waals surface area contributed by atoms with Crippen molar-refractivity contribution in [1.29, 1.82) is 0 Å². The lowest BCUT2D eigenvalue weighted by Crippen LogP contribution is -2.15. The highest BCUT2D eigenvalue weighted by Crippen LogP contribution is 2.26. The molecule has 2 aromatic heterocycles. The van der Waals surface area contributed by atoms with Crippen molar-refractivity contribution in [3.63, 3.8) is 0 Å².